The molecule has 33 valence electrons. The van der Waals surface area contributed by atoms with Gasteiger partial charge in [-0.1, -0.05) is 0 Å². The molecule has 1 radical (unpaired) electrons. The van der Waals surface area contributed by atoms with E-state index in [0.717, 1.165) is 0 Å². The van der Waals surface area contributed by atoms with E-state index < -0.39 is 0 Å². The summed E-state index contributed by atoms with van der Waals surface area (Å²) in [7, 11) is 0. The van der Waals surface area contributed by atoms with Crippen LogP contribution in [0.4, 0.5) is 0 Å². The molecular weight excluding hydrogens is 99.0 g/mol. The van der Waals surface area contributed by atoms with Crippen LogP contribution in [0.3, 0.4) is 0 Å². The van der Waals surface area contributed by atoms with Gasteiger partial charge in [0, 0.05) is 29.6 Å². The van der Waals surface area contributed by atoms with E-state index in [9.17, 15) is 0 Å². The quantitative estimate of drug-likeness (QED) is 0.234. The maximum Gasteiger partial charge on any atom is 0.0606 e. The maximum atomic E-state index is 7.08. The monoisotopic (exact) mass is 103 g/mol. The minimum atomic E-state index is 0. The Labute approximate surface area is 56.2 Å². The van der Waals surface area contributed by atoms with E-state index in [2.05, 4.69) is 0 Å². The second kappa shape index (κ2) is 19.1. The van der Waals surface area contributed by atoms with Crippen LogP contribution in [-0.4, -0.2) is 45.4 Å². The van der Waals surface area contributed by atoms with Crippen molar-refractivity contribution in [3.05, 3.63) is 0 Å². The van der Waals surface area contributed by atoms with Crippen molar-refractivity contribution < 1.29 is 15.9 Å². The van der Waals surface area contributed by atoms with Crippen molar-refractivity contribution in [3.63, 3.8) is 0 Å². The Hall–Kier alpha value is 0.160. The van der Waals surface area contributed by atoms with E-state index in [4.69, 9.17) is 10.4 Å². The van der Waals surface area contributed by atoms with Crippen LogP contribution in [0.2, 0.25) is 0 Å². The van der Waals surface area contributed by atoms with Crippen molar-refractivity contribution in [3.8, 4) is 0 Å². The molecule has 0 aliphatic rings. The molecule has 0 spiro atoms. The molecule has 5 nitrogen and oxygen atoms in total. The van der Waals surface area contributed by atoms with Gasteiger partial charge in [0.15, 0.2) is 0 Å². The number of hydrogen-bond donors (Lipinski definition) is 2. The normalized spacial score (nSPS) is 6.00. The summed E-state index contributed by atoms with van der Waals surface area (Å²) in [6, 6.07) is 0. The predicted octanol–water partition coefficient (Wildman–Crippen LogP) is -0.989. The number of nitrogens with zero attached hydrogens (tertiary/aromatic N) is 2. The topological polar surface area (TPSA) is 96.7 Å². The first kappa shape index (κ1) is 16.4. The number of rotatable bonds is 0. The van der Waals surface area contributed by atoms with Crippen molar-refractivity contribution in [2.75, 3.05) is 0 Å². The third-order valence-electron chi connectivity index (χ3n) is 0.0400. The van der Waals surface area contributed by atoms with E-state index in [1.807, 2.05) is 10.6 Å². The third kappa shape index (κ3) is 30.9. The molecule has 0 fully saturated rings. The van der Waals surface area contributed by atoms with Crippen molar-refractivity contribution in [2.45, 2.75) is 0 Å². The van der Waals surface area contributed by atoms with Gasteiger partial charge in [-0.3, -0.25) is 0 Å². The molecular formula is H4N2NaO3. The standard InChI is InChI=1S/H2N2O2.Na.H2O/c3-1-2-4;;/h(H,1,4)(H,2,3);;1H2. The molecule has 0 rings (SSSR count). The van der Waals surface area contributed by atoms with Crippen molar-refractivity contribution in [2.24, 2.45) is 10.6 Å². The van der Waals surface area contributed by atoms with Crippen LogP contribution in [0.15, 0.2) is 10.6 Å². The van der Waals surface area contributed by atoms with Crippen LogP contribution in [0, 0.1) is 0 Å². The van der Waals surface area contributed by atoms with Gasteiger partial charge < -0.3 is 15.9 Å². The van der Waals surface area contributed by atoms with Gasteiger partial charge >= 0.3 is 0 Å². The average Bonchev–Trinajstić information content (AvgIpc) is 1.37. The third-order valence-corrected chi connectivity index (χ3v) is 0.0400. The molecule has 0 unspecified atom stereocenters. The summed E-state index contributed by atoms with van der Waals surface area (Å²) in [5.74, 6) is 0. The van der Waals surface area contributed by atoms with Crippen molar-refractivity contribution in [1.29, 1.82) is 0 Å². The SMILES string of the molecule is O.ON=NO.[Na]. The van der Waals surface area contributed by atoms with Crippen LogP contribution in [0.25, 0.3) is 0 Å². The first-order valence-corrected chi connectivity index (χ1v) is 0.600. The molecule has 4 N–H and O–H groups in total. The molecule has 0 bridgehead atoms. The molecule has 0 saturated carbocycles. The second-order valence-electron chi connectivity index (χ2n) is 0.179. The van der Waals surface area contributed by atoms with Crippen LogP contribution < -0.4 is 0 Å². The van der Waals surface area contributed by atoms with Crippen molar-refractivity contribution >= 4 is 29.6 Å². The minimum absolute atomic E-state index is 0. The van der Waals surface area contributed by atoms with Gasteiger partial charge in [-0.25, -0.2) is 0 Å². The maximum absolute atomic E-state index is 7.08. The van der Waals surface area contributed by atoms with Crippen LogP contribution in [0.5, 0.6) is 0 Å². The first-order chi connectivity index (χ1) is 1.91. The fourth-order valence-corrected chi connectivity index (χ4v) is 0. The van der Waals surface area contributed by atoms with Gasteiger partial charge in [-0.2, -0.15) is 0 Å². The average molecular weight is 103 g/mol. The van der Waals surface area contributed by atoms with Gasteiger partial charge in [-0.15, -0.1) is 0 Å². The van der Waals surface area contributed by atoms with Gasteiger partial charge in [0.05, 0.1) is 10.6 Å². The summed E-state index contributed by atoms with van der Waals surface area (Å²) in [5, 5.41) is 18.0. The van der Waals surface area contributed by atoms with Crippen LogP contribution in [-0.2, 0) is 0 Å². The van der Waals surface area contributed by atoms with E-state index in [1.54, 1.807) is 0 Å². The summed E-state index contributed by atoms with van der Waals surface area (Å²) in [6.45, 7) is 0. The summed E-state index contributed by atoms with van der Waals surface area (Å²) in [4.78, 5) is 0. The molecule has 0 aliphatic heterocycles. The Kier molecular flexibility index (Phi) is 52.4. The van der Waals surface area contributed by atoms with E-state index in [1.165, 1.54) is 0 Å². The Morgan fingerprint density at radius 2 is 1.17 bits per heavy atom. The zero-order chi connectivity index (χ0) is 3.41. The smallest absolute Gasteiger partial charge is 0.0606 e. The summed E-state index contributed by atoms with van der Waals surface area (Å²) in [5.41, 5.74) is 0. The van der Waals surface area contributed by atoms with Gasteiger partial charge in [-0.05, 0) is 0 Å². The molecule has 0 amide bonds. The second-order valence-corrected chi connectivity index (χ2v) is 0.179. The molecule has 0 atom stereocenters. The molecule has 0 aromatic heterocycles. The Morgan fingerprint density at radius 3 is 1.17 bits per heavy atom. The minimum Gasteiger partial charge on any atom is -0.412 e. The summed E-state index contributed by atoms with van der Waals surface area (Å²) < 4.78 is 0. The van der Waals surface area contributed by atoms with Gasteiger partial charge in [0.1, 0.15) is 0 Å². The number of hydrogen-bond acceptors (Lipinski definition) is 2. The fraction of sp³-hybridized carbons (Fsp3) is 0. The summed E-state index contributed by atoms with van der Waals surface area (Å²) >= 11 is 0. The summed E-state index contributed by atoms with van der Waals surface area (Å²) in [6.07, 6.45) is 0. The molecule has 0 aromatic carbocycles. The first-order valence-electron chi connectivity index (χ1n) is 0.600. The van der Waals surface area contributed by atoms with Crippen LogP contribution >= 0.6 is 0 Å². The molecule has 6 heavy (non-hydrogen) atoms. The Balaban J connectivity index is -0.0000000450. The van der Waals surface area contributed by atoms with Crippen molar-refractivity contribution in [1.82, 2.24) is 0 Å². The zero-order valence-electron chi connectivity index (χ0n) is 3.29. The largest absolute Gasteiger partial charge is 0.412 e. The predicted molar refractivity (Wildman–Crippen MR) is 17.8 cm³/mol. The molecule has 6 heteroatoms. The molecule has 0 saturated heterocycles. The van der Waals surface area contributed by atoms with Gasteiger partial charge in [0.2, 0.25) is 0 Å². The fourth-order valence-electron chi connectivity index (χ4n) is 0. The molecule has 0 aliphatic carbocycles. The molecule has 0 aromatic rings. The van der Waals surface area contributed by atoms with Gasteiger partial charge in [0.25, 0.3) is 0 Å². The van der Waals surface area contributed by atoms with E-state index in [0.29, 0.717) is 0 Å². The Bertz CT molecular complexity index is 24.0. The zero-order valence-corrected chi connectivity index (χ0v) is 5.29. The van der Waals surface area contributed by atoms with Crippen LogP contribution in [0.1, 0.15) is 0 Å². The Morgan fingerprint density at radius 1 is 1.00 bits per heavy atom. The van der Waals surface area contributed by atoms with E-state index in [-0.39, 0.29) is 35.0 Å². The van der Waals surface area contributed by atoms with E-state index >= 15 is 0 Å². The molecule has 0 heterocycles.